The first-order valence-corrected chi connectivity index (χ1v) is 10.2. The van der Waals surface area contributed by atoms with Gasteiger partial charge in [-0.2, -0.15) is 0 Å². The van der Waals surface area contributed by atoms with Crippen LogP contribution < -0.4 is 10.2 Å². The van der Waals surface area contributed by atoms with Gasteiger partial charge in [0.2, 0.25) is 5.91 Å². The van der Waals surface area contributed by atoms with E-state index in [0.717, 1.165) is 36.3 Å². The van der Waals surface area contributed by atoms with Gasteiger partial charge in [-0.25, -0.2) is 4.98 Å². The SMILES string of the molecule is O=C(NC(c1ccc(Cl)cc1)c1cccnc1)C1CCCN(c2ccccn2)C1. The van der Waals surface area contributed by atoms with Crippen molar-refractivity contribution in [3.8, 4) is 0 Å². The highest BCUT2D eigenvalue weighted by atomic mass is 35.5. The fourth-order valence-corrected chi connectivity index (χ4v) is 3.89. The molecule has 3 aromatic rings. The van der Waals surface area contributed by atoms with E-state index in [2.05, 4.69) is 20.2 Å². The molecule has 3 heterocycles. The number of rotatable bonds is 5. The van der Waals surface area contributed by atoms with E-state index in [9.17, 15) is 4.79 Å². The number of hydrogen-bond donors (Lipinski definition) is 1. The third-order valence-electron chi connectivity index (χ3n) is 5.27. The first-order chi connectivity index (χ1) is 14.2. The number of halogens is 1. The third kappa shape index (κ3) is 4.74. The van der Waals surface area contributed by atoms with Crippen LogP contribution in [0.2, 0.25) is 5.02 Å². The van der Waals surface area contributed by atoms with Gasteiger partial charge < -0.3 is 10.2 Å². The van der Waals surface area contributed by atoms with Crippen LogP contribution in [0.3, 0.4) is 0 Å². The number of nitrogens with one attached hydrogen (secondary N) is 1. The summed E-state index contributed by atoms with van der Waals surface area (Å²) in [4.78, 5) is 24.0. The summed E-state index contributed by atoms with van der Waals surface area (Å²) in [6, 6.07) is 17.0. The number of hydrogen-bond acceptors (Lipinski definition) is 4. The van der Waals surface area contributed by atoms with Crippen LogP contribution in [0.25, 0.3) is 0 Å². The molecule has 0 spiro atoms. The van der Waals surface area contributed by atoms with Gasteiger partial charge in [-0.15, -0.1) is 0 Å². The molecule has 6 heteroatoms. The maximum absolute atomic E-state index is 13.2. The smallest absolute Gasteiger partial charge is 0.225 e. The van der Waals surface area contributed by atoms with E-state index in [4.69, 9.17) is 11.6 Å². The minimum atomic E-state index is -0.265. The molecule has 2 aromatic heterocycles. The Morgan fingerprint density at radius 3 is 2.66 bits per heavy atom. The average molecular weight is 407 g/mol. The number of anilines is 1. The molecule has 1 aromatic carbocycles. The van der Waals surface area contributed by atoms with Crippen LogP contribution in [0.1, 0.15) is 30.0 Å². The second kappa shape index (κ2) is 9.05. The largest absolute Gasteiger partial charge is 0.356 e. The van der Waals surface area contributed by atoms with Gasteiger partial charge in [-0.05, 0) is 54.3 Å². The number of piperidine rings is 1. The molecular weight excluding hydrogens is 384 g/mol. The van der Waals surface area contributed by atoms with Crippen LogP contribution >= 0.6 is 11.6 Å². The summed E-state index contributed by atoms with van der Waals surface area (Å²) in [5.41, 5.74) is 1.92. The van der Waals surface area contributed by atoms with E-state index in [1.807, 2.05) is 54.6 Å². The van der Waals surface area contributed by atoms with Crippen molar-refractivity contribution in [2.75, 3.05) is 18.0 Å². The highest BCUT2D eigenvalue weighted by Crippen LogP contribution is 2.26. The van der Waals surface area contributed by atoms with Crippen LogP contribution in [0.15, 0.2) is 73.2 Å². The molecule has 5 nitrogen and oxygen atoms in total. The second-order valence-corrected chi connectivity index (χ2v) is 7.69. The van der Waals surface area contributed by atoms with Gasteiger partial charge in [-0.3, -0.25) is 9.78 Å². The molecule has 1 aliphatic heterocycles. The summed E-state index contributed by atoms with van der Waals surface area (Å²) in [7, 11) is 0. The second-order valence-electron chi connectivity index (χ2n) is 7.25. The van der Waals surface area contributed by atoms with Crippen molar-refractivity contribution >= 4 is 23.3 Å². The lowest BCUT2D eigenvalue weighted by molar-refractivity contribution is -0.125. The van der Waals surface area contributed by atoms with Gasteiger partial charge >= 0.3 is 0 Å². The highest BCUT2D eigenvalue weighted by Gasteiger charge is 2.28. The first-order valence-electron chi connectivity index (χ1n) is 9.82. The van der Waals surface area contributed by atoms with Gasteiger partial charge in [0, 0.05) is 36.7 Å². The van der Waals surface area contributed by atoms with E-state index in [-0.39, 0.29) is 17.9 Å². The minimum absolute atomic E-state index is 0.0504. The summed E-state index contributed by atoms with van der Waals surface area (Å²) in [5.74, 6) is 0.887. The van der Waals surface area contributed by atoms with Gasteiger partial charge in [-0.1, -0.05) is 35.9 Å². The Morgan fingerprint density at radius 1 is 1.07 bits per heavy atom. The Morgan fingerprint density at radius 2 is 1.93 bits per heavy atom. The van der Waals surface area contributed by atoms with Gasteiger partial charge in [0.1, 0.15) is 5.82 Å². The highest BCUT2D eigenvalue weighted by molar-refractivity contribution is 6.30. The minimum Gasteiger partial charge on any atom is -0.356 e. The van der Waals surface area contributed by atoms with Crippen molar-refractivity contribution < 1.29 is 4.79 Å². The Kier molecular flexibility index (Phi) is 6.06. The molecule has 0 radical (unpaired) electrons. The first kappa shape index (κ1) is 19.4. The molecule has 4 rings (SSSR count). The molecule has 0 saturated carbocycles. The fraction of sp³-hybridized carbons (Fsp3) is 0.261. The molecule has 29 heavy (non-hydrogen) atoms. The normalized spacial score (nSPS) is 17.6. The van der Waals surface area contributed by atoms with Crippen molar-refractivity contribution in [3.05, 3.63) is 89.3 Å². The molecule has 1 saturated heterocycles. The van der Waals surface area contributed by atoms with Crippen LogP contribution in [-0.2, 0) is 4.79 Å². The van der Waals surface area contributed by atoms with Crippen LogP contribution in [0.4, 0.5) is 5.82 Å². The van der Waals surface area contributed by atoms with Crippen LogP contribution in [-0.4, -0.2) is 29.0 Å². The van der Waals surface area contributed by atoms with E-state index in [1.165, 1.54) is 0 Å². The zero-order valence-corrected chi connectivity index (χ0v) is 16.8. The maximum Gasteiger partial charge on any atom is 0.225 e. The van der Waals surface area contributed by atoms with Gasteiger partial charge in [0.05, 0.1) is 12.0 Å². The Balaban J connectivity index is 1.52. The van der Waals surface area contributed by atoms with E-state index in [0.29, 0.717) is 11.6 Å². The van der Waals surface area contributed by atoms with Crippen molar-refractivity contribution in [3.63, 3.8) is 0 Å². The van der Waals surface area contributed by atoms with Crippen molar-refractivity contribution in [1.29, 1.82) is 0 Å². The molecular formula is C23H23ClN4O. The number of amides is 1. The molecule has 1 fully saturated rings. The third-order valence-corrected chi connectivity index (χ3v) is 5.53. The molecule has 0 aliphatic carbocycles. The fourth-order valence-electron chi connectivity index (χ4n) is 3.76. The standard InChI is InChI=1S/C23H23ClN4O/c24-20-10-8-17(9-11-20)22(18-5-3-12-25-15-18)27-23(29)19-6-4-14-28(16-19)21-7-1-2-13-26-21/h1-3,5,7-13,15,19,22H,4,6,14,16H2,(H,27,29). The number of carbonyl (C=O) groups is 1. The Hall–Kier alpha value is -2.92. The van der Waals surface area contributed by atoms with Crippen molar-refractivity contribution in [1.82, 2.24) is 15.3 Å². The lowest BCUT2D eigenvalue weighted by Gasteiger charge is -2.33. The predicted molar refractivity (Wildman–Crippen MR) is 115 cm³/mol. The van der Waals surface area contributed by atoms with Crippen molar-refractivity contribution in [2.24, 2.45) is 5.92 Å². The van der Waals surface area contributed by atoms with E-state index < -0.39 is 0 Å². The van der Waals surface area contributed by atoms with Gasteiger partial charge in [0.25, 0.3) is 0 Å². The maximum atomic E-state index is 13.2. The summed E-state index contributed by atoms with van der Waals surface area (Å²) >= 11 is 6.05. The Labute approximate surface area is 175 Å². The molecule has 1 amide bonds. The number of carbonyl (C=O) groups excluding carboxylic acids is 1. The molecule has 2 unspecified atom stereocenters. The van der Waals surface area contributed by atoms with Crippen LogP contribution in [0.5, 0.6) is 0 Å². The lowest BCUT2D eigenvalue weighted by Crippen LogP contribution is -2.44. The number of aromatic nitrogens is 2. The number of benzene rings is 1. The number of nitrogens with zero attached hydrogens (tertiary/aromatic N) is 3. The molecule has 148 valence electrons. The van der Waals surface area contributed by atoms with Crippen molar-refractivity contribution in [2.45, 2.75) is 18.9 Å². The summed E-state index contributed by atoms with van der Waals surface area (Å²) in [6.45, 7) is 1.59. The zero-order chi connectivity index (χ0) is 20.1. The topological polar surface area (TPSA) is 58.1 Å². The molecule has 2 atom stereocenters. The molecule has 1 N–H and O–H groups in total. The lowest BCUT2D eigenvalue weighted by atomic mass is 9.94. The van der Waals surface area contributed by atoms with E-state index >= 15 is 0 Å². The van der Waals surface area contributed by atoms with Gasteiger partial charge in [0.15, 0.2) is 0 Å². The van der Waals surface area contributed by atoms with Crippen LogP contribution in [0, 0.1) is 5.92 Å². The number of pyridine rings is 2. The molecule has 0 bridgehead atoms. The molecule has 1 aliphatic rings. The van der Waals surface area contributed by atoms with E-state index in [1.54, 1.807) is 18.6 Å². The summed E-state index contributed by atoms with van der Waals surface area (Å²) < 4.78 is 0. The quantitative estimate of drug-likeness (QED) is 0.688. The summed E-state index contributed by atoms with van der Waals surface area (Å²) in [5, 5.41) is 3.91. The monoisotopic (exact) mass is 406 g/mol. The summed E-state index contributed by atoms with van der Waals surface area (Å²) in [6.07, 6.45) is 7.15. The average Bonchev–Trinajstić information content (AvgIpc) is 2.79. The predicted octanol–water partition coefficient (Wildman–Crippen LogP) is 4.25. The zero-order valence-electron chi connectivity index (χ0n) is 16.0. The Bertz CT molecular complexity index is 934.